The SMILES string of the molecule is C[C@@H](NS(=O)(=O)c1ccc(Br)cc1)c1ccc(F)cc1. The van der Waals surface area contributed by atoms with Gasteiger partial charge in [-0.1, -0.05) is 28.1 Å². The van der Waals surface area contributed by atoms with Crippen molar-refractivity contribution < 1.29 is 12.8 Å². The Morgan fingerprint density at radius 3 is 2.15 bits per heavy atom. The first-order valence-electron chi connectivity index (χ1n) is 5.92. The Hall–Kier alpha value is -1.24. The van der Waals surface area contributed by atoms with E-state index in [0.717, 1.165) is 4.47 Å². The summed E-state index contributed by atoms with van der Waals surface area (Å²) in [5.41, 5.74) is 0.701. The van der Waals surface area contributed by atoms with Crippen molar-refractivity contribution >= 4 is 26.0 Å². The van der Waals surface area contributed by atoms with E-state index in [2.05, 4.69) is 20.7 Å². The molecule has 0 aromatic heterocycles. The predicted octanol–water partition coefficient (Wildman–Crippen LogP) is 3.63. The van der Waals surface area contributed by atoms with Crippen molar-refractivity contribution in [2.24, 2.45) is 0 Å². The molecule has 0 heterocycles. The second-order valence-electron chi connectivity index (χ2n) is 4.35. The molecule has 0 amide bonds. The van der Waals surface area contributed by atoms with E-state index in [1.807, 2.05) is 0 Å². The van der Waals surface area contributed by atoms with Crippen LogP contribution in [0.3, 0.4) is 0 Å². The van der Waals surface area contributed by atoms with E-state index >= 15 is 0 Å². The predicted molar refractivity (Wildman–Crippen MR) is 79.3 cm³/mol. The summed E-state index contributed by atoms with van der Waals surface area (Å²) >= 11 is 3.26. The third-order valence-electron chi connectivity index (χ3n) is 2.83. The maximum Gasteiger partial charge on any atom is 0.241 e. The molecule has 0 spiro atoms. The topological polar surface area (TPSA) is 46.2 Å². The fourth-order valence-electron chi connectivity index (χ4n) is 1.73. The standard InChI is InChI=1S/C14H13BrFNO2S/c1-10(11-2-6-13(16)7-3-11)17-20(18,19)14-8-4-12(15)5-9-14/h2-10,17H,1H3/t10-/m1/s1. The Morgan fingerprint density at radius 1 is 1.05 bits per heavy atom. The molecule has 106 valence electrons. The normalized spacial score (nSPS) is 13.2. The Kier molecular flexibility index (Phi) is 4.57. The lowest BCUT2D eigenvalue weighted by molar-refractivity contribution is 0.566. The van der Waals surface area contributed by atoms with Crippen molar-refractivity contribution in [1.29, 1.82) is 0 Å². The molecule has 3 nitrogen and oxygen atoms in total. The van der Waals surface area contributed by atoms with Crippen molar-refractivity contribution in [3.8, 4) is 0 Å². The highest BCUT2D eigenvalue weighted by Crippen LogP contribution is 2.19. The number of rotatable bonds is 4. The number of nitrogens with one attached hydrogen (secondary N) is 1. The monoisotopic (exact) mass is 357 g/mol. The first kappa shape index (κ1) is 15.2. The molecule has 0 saturated carbocycles. The lowest BCUT2D eigenvalue weighted by Crippen LogP contribution is -2.26. The molecule has 0 radical (unpaired) electrons. The van der Waals surface area contributed by atoms with Crippen molar-refractivity contribution in [2.75, 3.05) is 0 Å². The van der Waals surface area contributed by atoms with E-state index in [1.165, 1.54) is 24.3 Å². The number of halogens is 2. The van der Waals surface area contributed by atoms with Crippen LogP contribution >= 0.6 is 15.9 Å². The first-order chi connectivity index (χ1) is 9.38. The quantitative estimate of drug-likeness (QED) is 0.907. The highest BCUT2D eigenvalue weighted by Gasteiger charge is 2.18. The molecule has 2 rings (SSSR count). The second kappa shape index (κ2) is 6.03. The third kappa shape index (κ3) is 3.65. The van der Waals surface area contributed by atoms with Gasteiger partial charge in [0.15, 0.2) is 0 Å². The van der Waals surface area contributed by atoms with Gasteiger partial charge in [0.2, 0.25) is 10.0 Å². The fourth-order valence-corrected chi connectivity index (χ4v) is 3.23. The molecule has 2 aromatic rings. The Balaban J connectivity index is 2.19. The molecule has 0 aliphatic heterocycles. The summed E-state index contributed by atoms with van der Waals surface area (Å²) in [5.74, 6) is -0.350. The second-order valence-corrected chi connectivity index (χ2v) is 6.98. The molecular formula is C14H13BrFNO2S. The van der Waals surface area contributed by atoms with Gasteiger partial charge in [-0.2, -0.15) is 0 Å². The van der Waals surface area contributed by atoms with Gasteiger partial charge in [-0.15, -0.1) is 0 Å². The molecule has 0 aliphatic rings. The average molecular weight is 358 g/mol. The highest BCUT2D eigenvalue weighted by atomic mass is 79.9. The summed E-state index contributed by atoms with van der Waals surface area (Å²) in [6, 6.07) is 11.7. The zero-order valence-electron chi connectivity index (χ0n) is 10.7. The molecule has 6 heteroatoms. The van der Waals surface area contributed by atoms with E-state index in [1.54, 1.807) is 31.2 Å². The summed E-state index contributed by atoms with van der Waals surface area (Å²) in [5, 5.41) is 0. The van der Waals surface area contributed by atoms with Gasteiger partial charge in [0.1, 0.15) is 5.82 Å². The van der Waals surface area contributed by atoms with Gasteiger partial charge >= 0.3 is 0 Å². The minimum absolute atomic E-state index is 0.190. The lowest BCUT2D eigenvalue weighted by Gasteiger charge is -2.14. The molecule has 1 atom stereocenters. The minimum Gasteiger partial charge on any atom is -0.207 e. The Bertz CT molecular complexity index is 684. The average Bonchev–Trinajstić information content (AvgIpc) is 2.39. The van der Waals surface area contributed by atoms with Gasteiger partial charge in [0, 0.05) is 10.5 Å². The van der Waals surface area contributed by atoms with Gasteiger partial charge in [-0.25, -0.2) is 17.5 Å². The number of sulfonamides is 1. The van der Waals surface area contributed by atoms with E-state index < -0.39 is 16.1 Å². The fraction of sp³-hybridized carbons (Fsp3) is 0.143. The van der Waals surface area contributed by atoms with Crippen molar-refractivity contribution in [3.05, 3.63) is 64.4 Å². The van der Waals surface area contributed by atoms with E-state index in [-0.39, 0.29) is 10.7 Å². The molecular weight excluding hydrogens is 345 g/mol. The summed E-state index contributed by atoms with van der Waals surface area (Å²) in [6.45, 7) is 1.71. The van der Waals surface area contributed by atoms with Crippen LogP contribution < -0.4 is 4.72 Å². The number of hydrogen-bond acceptors (Lipinski definition) is 2. The first-order valence-corrected chi connectivity index (χ1v) is 8.19. The van der Waals surface area contributed by atoms with Crippen molar-refractivity contribution in [2.45, 2.75) is 17.9 Å². The maximum absolute atomic E-state index is 12.8. The van der Waals surface area contributed by atoms with E-state index in [0.29, 0.717) is 5.56 Å². The summed E-state index contributed by atoms with van der Waals surface area (Å²) in [6.07, 6.45) is 0. The number of benzene rings is 2. The van der Waals surface area contributed by atoms with Crippen LogP contribution in [0.25, 0.3) is 0 Å². The van der Waals surface area contributed by atoms with Crippen LogP contribution in [-0.4, -0.2) is 8.42 Å². The number of hydrogen-bond donors (Lipinski definition) is 1. The Morgan fingerprint density at radius 2 is 1.60 bits per heavy atom. The molecule has 0 unspecified atom stereocenters. The Labute approximate surface area is 126 Å². The lowest BCUT2D eigenvalue weighted by atomic mass is 10.1. The minimum atomic E-state index is -3.60. The molecule has 0 bridgehead atoms. The van der Waals surface area contributed by atoms with Crippen LogP contribution in [0, 0.1) is 5.82 Å². The van der Waals surface area contributed by atoms with Crippen molar-refractivity contribution in [1.82, 2.24) is 4.72 Å². The van der Waals surface area contributed by atoms with Crippen molar-refractivity contribution in [3.63, 3.8) is 0 Å². The summed E-state index contributed by atoms with van der Waals surface area (Å²) in [4.78, 5) is 0.190. The third-order valence-corrected chi connectivity index (χ3v) is 4.91. The largest absolute Gasteiger partial charge is 0.241 e. The molecule has 0 saturated heterocycles. The maximum atomic E-state index is 12.8. The van der Waals surface area contributed by atoms with Gasteiger partial charge in [-0.3, -0.25) is 0 Å². The van der Waals surface area contributed by atoms with Crippen LogP contribution in [0.4, 0.5) is 4.39 Å². The smallest absolute Gasteiger partial charge is 0.207 e. The van der Waals surface area contributed by atoms with E-state index in [9.17, 15) is 12.8 Å². The highest BCUT2D eigenvalue weighted by molar-refractivity contribution is 9.10. The van der Waals surface area contributed by atoms with Gasteiger partial charge in [0.25, 0.3) is 0 Å². The van der Waals surface area contributed by atoms with Crippen LogP contribution in [-0.2, 0) is 10.0 Å². The summed E-state index contributed by atoms with van der Waals surface area (Å²) < 4.78 is 40.6. The molecule has 2 aromatic carbocycles. The molecule has 0 aliphatic carbocycles. The molecule has 0 fully saturated rings. The van der Waals surface area contributed by atoms with Gasteiger partial charge < -0.3 is 0 Å². The van der Waals surface area contributed by atoms with Crippen LogP contribution in [0.5, 0.6) is 0 Å². The van der Waals surface area contributed by atoms with E-state index in [4.69, 9.17) is 0 Å². The zero-order chi connectivity index (χ0) is 14.8. The van der Waals surface area contributed by atoms with Crippen LogP contribution in [0.1, 0.15) is 18.5 Å². The van der Waals surface area contributed by atoms with Gasteiger partial charge in [-0.05, 0) is 48.9 Å². The zero-order valence-corrected chi connectivity index (χ0v) is 13.1. The molecule has 20 heavy (non-hydrogen) atoms. The molecule has 1 N–H and O–H groups in total. The van der Waals surface area contributed by atoms with Crippen LogP contribution in [0.2, 0.25) is 0 Å². The van der Waals surface area contributed by atoms with Crippen LogP contribution in [0.15, 0.2) is 57.9 Å². The van der Waals surface area contributed by atoms with Gasteiger partial charge in [0.05, 0.1) is 4.90 Å². The summed E-state index contributed by atoms with van der Waals surface area (Å²) in [7, 11) is -3.60.